The number of ether oxygens (including phenoxy) is 2. The molecule has 0 aliphatic carbocycles. The van der Waals surface area contributed by atoms with Gasteiger partial charge >= 0.3 is 11.9 Å². The van der Waals surface area contributed by atoms with E-state index in [1.807, 2.05) is 12.5 Å². The van der Waals surface area contributed by atoms with Crippen LogP contribution in [0.2, 0.25) is 0 Å². The second-order valence-corrected chi connectivity index (χ2v) is 8.69. The van der Waals surface area contributed by atoms with E-state index in [1.165, 1.54) is 50.1 Å². The minimum Gasteiger partial charge on any atom is -0.467 e. The summed E-state index contributed by atoms with van der Waals surface area (Å²) in [6, 6.07) is 4.84. The molecule has 2 aromatic rings. The van der Waals surface area contributed by atoms with Crippen LogP contribution in [0, 0.1) is 0 Å². The Morgan fingerprint density at radius 3 is 1.41 bits per heavy atom. The number of methoxy groups -OCH3 is 2. The number of esters is 2. The predicted octanol–water partition coefficient (Wildman–Crippen LogP) is 1.41. The van der Waals surface area contributed by atoms with E-state index in [4.69, 9.17) is 9.47 Å². The van der Waals surface area contributed by atoms with Crippen LogP contribution < -0.4 is 10.6 Å². The van der Waals surface area contributed by atoms with Crippen molar-refractivity contribution in [2.45, 2.75) is 12.1 Å². The normalized spacial score (nSPS) is 12.2. The Balaban J connectivity index is 2.07. The van der Waals surface area contributed by atoms with Gasteiger partial charge in [0.25, 0.3) is 11.8 Å². The molecule has 10 nitrogen and oxygen atoms in total. The molecule has 2 N–H and O–H groups in total. The first-order valence-corrected chi connectivity index (χ1v) is 12.8. The number of rotatable bonds is 11. The van der Waals surface area contributed by atoms with E-state index in [1.54, 1.807) is 24.3 Å². The Hall–Kier alpha value is -3.12. The summed E-state index contributed by atoms with van der Waals surface area (Å²) in [4.78, 5) is 57.0. The first-order chi connectivity index (χ1) is 16.3. The van der Waals surface area contributed by atoms with Gasteiger partial charge in [-0.1, -0.05) is 0 Å². The number of nitrogens with one attached hydrogen (secondary N) is 2. The Morgan fingerprint density at radius 2 is 1.15 bits per heavy atom. The molecular weight excluding hydrogens is 480 g/mol. The number of carbonyl (C=O) groups excluding carboxylic acids is 4. The number of aromatic nitrogens is 2. The first-order valence-electron chi connectivity index (χ1n) is 10.0. The average molecular weight is 507 g/mol. The van der Waals surface area contributed by atoms with Gasteiger partial charge in [0.2, 0.25) is 0 Å². The van der Waals surface area contributed by atoms with Gasteiger partial charge in [-0.15, -0.1) is 0 Å². The fourth-order valence-electron chi connectivity index (χ4n) is 2.80. The Labute approximate surface area is 206 Å². The van der Waals surface area contributed by atoms with Gasteiger partial charge in [-0.2, -0.15) is 23.5 Å². The van der Waals surface area contributed by atoms with E-state index in [0.717, 1.165) is 0 Å². The van der Waals surface area contributed by atoms with Crippen molar-refractivity contribution < 1.29 is 28.7 Å². The molecule has 182 valence electrons. The zero-order valence-electron chi connectivity index (χ0n) is 19.2. The fourth-order valence-corrected chi connectivity index (χ4v) is 3.90. The molecule has 2 atom stereocenters. The van der Waals surface area contributed by atoms with Crippen LogP contribution in [0.1, 0.15) is 20.7 Å². The van der Waals surface area contributed by atoms with Crippen LogP contribution >= 0.6 is 23.5 Å². The minimum atomic E-state index is -0.762. The highest BCUT2D eigenvalue weighted by molar-refractivity contribution is 7.98. The highest BCUT2D eigenvalue weighted by Gasteiger charge is 2.23. The van der Waals surface area contributed by atoms with Crippen LogP contribution in [0.4, 0.5) is 0 Å². The summed E-state index contributed by atoms with van der Waals surface area (Å²) in [5.74, 6) is -1.18. The van der Waals surface area contributed by atoms with E-state index in [0.29, 0.717) is 22.9 Å². The molecule has 0 spiro atoms. The third kappa shape index (κ3) is 7.45. The first kappa shape index (κ1) is 27.1. The second kappa shape index (κ2) is 13.6. The van der Waals surface area contributed by atoms with E-state index in [2.05, 4.69) is 20.6 Å². The van der Waals surface area contributed by atoms with E-state index >= 15 is 0 Å². The number of amides is 2. The summed E-state index contributed by atoms with van der Waals surface area (Å²) >= 11 is 2.82. The molecule has 0 fully saturated rings. The predicted molar refractivity (Wildman–Crippen MR) is 131 cm³/mol. The van der Waals surface area contributed by atoms with Crippen LogP contribution in [-0.4, -0.2) is 84.0 Å². The van der Waals surface area contributed by atoms with Gasteiger partial charge in [-0.3, -0.25) is 19.6 Å². The maximum Gasteiger partial charge on any atom is 0.329 e. The molecule has 2 rings (SSSR count). The Morgan fingerprint density at radius 1 is 0.765 bits per heavy atom. The number of hydrogen-bond acceptors (Lipinski definition) is 10. The highest BCUT2D eigenvalue weighted by Crippen LogP contribution is 2.15. The molecule has 12 heteroatoms. The number of carbonyl (C=O) groups is 4. The molecule has 2 heterocycles. The lowest BCUT2D eigenvalue weighted by Crippen LogP contribution is -2.43. The summed E-state index contributed by atoms with van der Waals surface area (Å²) in [6.45, 7) is 0. The molecule has 2 aromatic heterocycles. The van der Waals surface area contributed by atoms with E-state index in [9.17, 15) is 19.2 Å². The van der Waals surface area contributed by atoms with Gasteiger partial charge in [0.05, 0.1) is 36.7 Å². The molecule has 0 saturated heterocycles. The summed E-state index contributed by atoms with van der Waals surface area (Å²) in [7, 11) is 2.53. The molecular formula is C22H26N4O6S2. The standard InChI is InChI=1S/C22H26N4O6S2/c1-31-21(29)17(11-33-3)25-19(27)13-5-7-15(23-9-13)16-8-6-14(10-24-16)20(28)26-18(12-34-4)22(30)32-2/h5-10,17-18H,11-12H2,1-4H3,(H,25,27)(H,26,28). The lowest BCUT2D eigenvalue weighted by atomic mass is 10.1. The second-order valence-electron chi connectivity index (χ2n) is 6.87. The highest BCUT2D eigenvalue weighted by atomic mass is 32.2. The maximum absolute atomic E-state index is 12.5. The van der Waals surface area contributed by atoms with Gasteiger partial charge in [0, 0.05) is 23.9 Å². The molecule has 0 aliphatic heterocycles. The summed E-state index contributed by atoms with van der Waals surface area (Å²) in [6.07, 6.45) is 6.40. The summed E-state index contributed by atoms with van der Waals surface area (Å²) < 4.78 is 9.42. The number of pyridine rings is 2. The van der Waals surface area contributed by atoms with Crippen LogP contribution in [0.15, 0.2) is 36.7 Å². The minimum absolute atomic E-state index is 0.275. The van der Waals surface area contributed by atoms with Crippen molar-refractivity contribution in [2.24, 2.45) is 0 Å². The molecule has 34 heavy (non-hydrogen) atoms. The SMILES string of the molecule is COC(=O)C(CSC)NC(=O)c1ccc(-c2ccc(C(=O)NC(CSC)C(=O)OC)cn2)nc1. The topological polar surface area (TPSA) is 137 Å². The zero-order valence-corrected chi connectivity index (χ0v) is 20.8. The number of nitrogens with zero attached hydrogens (tertiary/aromatic N) is 2. The molecule has 0 saturated carbocycles. The average Bonchev–Trinajstić information content (AvgIpc) is 2.87. The van der Waals surface area contributed by atoms with E-state index < -0.39 is 35.8 Å². The van der Waals surface area contributed by atoms with Gasteiger partial charge < -0.3 is 20.1 Å². The van der Waals surface area contributed by atoms with Crippen molar-refractivity contribution in [2.75, 3.05) is 38.2 Å². The number of hydrogen-bond donors (Lipinski definition) is 2. The van der Waals surface area contributed by atoms with Crippen LogP contribution in [0.25, 0.3) is 11.4 Å². The smallest absolute Gasteiger partial charge is 0.329 e. The van der Waals surface area contributed by atoms with Crippen LogP contribution in [0.5, 0.6) is 0 Å². The lowest BCUT2D eigenvalue weighted by molar-refractivity contribution is -0.143. The van der Waals surface area contributed by atoms with Gasteiger partial charge in [-0.05, 0) is 36.8 Å². The third-order valence-corrected chi connectivity index (χ3v) is 5.90. The molecule has 0 aliphatic rings. The van der Waals surface area contributed by atoms with Crippen molar-refractivity contribution in [3.63, 3.8) is 0 Å². The van der Waals surface area contributed by atoms with E-state index in [-0.39, 0.29) is 11.1 Å². The summed E-state index contributed by atoms with van der Waals surface area (Å²) in [5.41, 5.74) is 1.54. The van der Waals surface area contributed by atoms with Crippen molar-refractivity contribution in [3.05, 3.63) is 47.8 Å². The van der Waals surface area contributed by atoms with Crippen molar-refractivity contribution in [1.82, 2.24) is 20.6 Å². The van der Waals surface area contributed by atoms with Crippen molar-refractivity contribution in [3.8, 4) is 11.4 Å². The fraction of sp³-hybridized carbons (Fsp3) is 0.364. The quantitative estimate of drug-likeness (QED) is 0.431. The summed E-state index contributed by atoms with van der Waals surface area (Å²) in [5, 5.41) is 5.26. The largest absolute Gasteiger partial charge is 0.467 e. The van der Waals surface area contributed by atoms with Crippen LogP contribution in [0.3, 0.4) is 0 Å². The van der Waals surface area contributed by atoms with Gasteiger partial charge in [0.1, 0.15) is 12.1 Å². The van der Waals surface area contributed by atoms with Crippen molar-refractivity contribution >= 4 is 47.3 Å². The molecule has 0 aromatic carbocycles. The maximum atomic E-state index is 12.5. The molecule has 0 bridgehead atoms. The Kier molecular flexibility index (Phi) is 10.8. The monoisotopic (exact) mass is 506 g/mol. The van der Waals surface area contributed by atoms with Gasteiger partial charge in [0.15, 0.2) is 0 Å². The zero-order chi connectivity index (χ0) is 25.1. The lowest BCUT2D eigenvalue weighted by Gasteiger charge is -2.15. The Bertz CT molecular complexity index is 920. The molecule has 2 unspecified atom stereocenters. The third-order valence-electron chi connectivity index (χ3n) is 4.56. The molecule has 2 amide bonds. The van der Waals surface area contributed by atoms with Crippen molar-refractivity contribution in [1.29, 1.82) is 0 Å². The number of thioether (sulfide) groups is 2. The molecule has 0 radical (unpaired) electrons. The van der Waals surface area contributed by atoms with Gasteiger partial charge in [-0.25, -0.2) is 9.59 Å². The van der Waals surface area contributed by atoms with Crippen LogP contribution in [-0.2, 0) is 19.1 Å².